The van der Waals surface area contributed by atoms with Gasteiger partial charge >= 0.3 is 0 Å². The lowest BCUT2D eigenvalue weighted by molar-refractivity contribution is 0.225. The lowest BCUT2D eigenvalue weighted by Crippen LogP contribution is -2.28. The Bertz CT molecular complexity index is 991. The first-order chi connectivity index (χ1) is 13.6. The van der Waals surface area contributed by atoms with Gasteiger partial charge in [-0.25, -0.2) is 4.98 Å². The molecule has 2 aliphatic rings. The Balaban J connectivity index is 0.00000128. The third-order valence-corrected chi connectivity index (χ3v) is 6.64. The van der Waals surface area contributed by atoms with E-state index in [1.807, 2.05) is 12.3 Å². The van der Waals surface area contributed by atoms with Crippen LogP contribution in [0.4, 0.5) is 0 Å². The summed E-state index contributed by atoms with van der Waals surface area (Å²) < 4.78 is 7.49. The number of hydrogen-bond donors (Lipinski definition) is 0. The quantitative estimate of drug-likeness (QED) is 0.599. The molecule has 2 saturated heterocycles. The van der Waals surface area contributed by atoms with Gasteiger partial charge in [-0.1, -0.05) is 12.1 Å². The summed E-state index contributed by atoms with van der Waals surface area (Å²) in [5, 5.41) is 1.28. The summed E-state index contributed by atoms with van der Waals surface area (Å²) in [6.07, 6.45) is 4.13. The van der Waals surface area contributed by atoms with Crippen LogP contribution in [0.5, 0.6) is 5.75 Å². The largest absolute Gasteiger partial charge is 0.497 e. The van der Waals surface area contributed by atoms with Crippen LogP contribution in [0.15, 0.2) is 48.8 Å². The predicted octanol–water partition coefficient (Wildman–Crippen LogP) is 4.16. The van der Waals surface area contributed by atoms with Gasteiger partial charge in [0.05, 0.1) is 7.11 Å². The Labute approximate surface area is 190 Å². The second-order valence-corrected chi connectivity index (χ2v) is 8.42. The van der Waals surface area contributed by atoms with Crippen LogP contribution >= 0.6 is 24.8 Å². The highest BCUT2D eigenvalue weighted by Crippen LogP contribution is 2.44. The Morgan fingerprint density at radius 1 is 1.03 bits per heavy atom. The summed E-state index contributed by atoms with van der Waals surface area (Å²) in [4.78, 5) is 9.71. The number of rotatable bonds is 4. The second kappa shape index (κ2) is 9.15. The Morgan fingerprint density at radius 2 is 1.80 bits per heavy atom. The number of aryl methyl sites for hydroxylation is 1. The first-order valence-electron chi connectivity index (χ1n) is 10.1. The minimum absolute atomic E-state index is 0. The van der Waals surface area contributed by atoms with E-state index >= 15 is 0 Å². The zero-order valence-electron chi connectivity index (χ0n) is 17.7. The molecule has 2 aliphatic heterocycles. The van der Waals surface area contributed by atoms with Crippen LogP contribution in [-0.4, -0.2) is 53.1 Å². The molecule has 5 nitrogen and oxygen atoms in total. The molecule has 2 aromatic heterocycles. The Hall–Kier alpha value is -1.79. The number of fused-ring (bicyclic) bond motifs is 2. The maximum Gasteiger partial charge on any atom is 0.139 e. The standard InChI is InChI=1S/C23H28N4O.2ClH/c1-25-11-18-14-27(13-17-12-26(2)23-20(17)5-4-10-24-23)15-21(18)22(25)16-6-8-19(28-3)9-7-16;;/h4-10,12,18,21-22H,11,13-15H2,1-3H3;2*1H/t18-,21+,22+;;/m0../s1. The van der Waals surface area contributed by atoms with Crippen molar-refractivity contribution in [1.82, 2.24) is 19.4 Å². The fourth-order valence-corrected chi connectivity index (χ4v) is 5.44. The number of ether oxygens (including phenoxy) is 1. The van der Waals surface area contributed by atoms with Crippen molar-refractivity contribution in [3.05, 3.63) is 59.9 Å². The van der Waals surface area contributed by atoms with Crippen molar-refractivity contribution >= 4 is 35.8 Å². The molecule has 0 amide bonds. The summed E-state index contributed by atoms with van der Waals surface area (Å²) in [7, 11) is 6.09. The lowest BCUT2D eigenvalue weighted by atomic mass is 9.89. The molecular formula is C23H30Cl2N4O. The molecule has 30 heavy (non-hydrogen) atoms. The first-order valence-corrected chi connectivity index (χ1v) is 10.1. The number of likely N-dealkylation sites (tertiary alicyclic amines) is 2. The smallest absolute Gasteiger partial charge is 0.139 e. The van der Waals surface area contributed by atoms with Crippen molar-refractivity contribution in [2.24, 2.45) is 18.9 Å². The third-order valence-electron chi connectivity index (χ3n) is 6.64. The molecule has 0 spiro atoms. The molecule has 1 aromatic carbocycles. The minimum Gasteiger partial charge on any atom is -0.497 e. The van der Waals surface area contributed by atoms with Crippen LogP contribution in [0.3, 0.4) is 0 Å². The fraction of sp³-hybridized carbons (Fsp3) is 0.435. The molecule has 0 bridgehead atoms. The average molecular weight is 449 g/mol. The fourth-order valence-electron chi connectivity index (χ4n) is 5.44. The summed E-state index contributed by atoms with van der Waals surface area (Å²) in [5.74, 6) is 2.36. The molecule has 162 valence electrons. The molecule has 3 atom stereocenters. The van der Waals surface area contributed by atoms with Gasteiger partial charge in [-0.05, 0) is 54.3 Å². The first kappa shape index (κ1) is 22.9. The highest BCUT2D eigenvalue weighted by atomic mass is 35.5. The summed E-state index contributed by atoms with van der Waals surface area (Å²) >= 11 is 0. The Kier molecular flexibility index (Phi) is 6.98. The number of methoxy groups -OCH3 is 1. The predicted molar refractivity (Wildman–Crippen MR) is 126 cm³/mol. The van der Waals surface area contributed by atoms with Crippen LogP contribution in [0.25, 0.3) is 11.0 Å². The normalized spacial score (nSPS) is 23.8. The van der Waals surface area contributed by atoms with Crippen molar-refractivity contribution < 1.29 is 4.74 Å². The van der Waals surface area contributed by atoms with Gasteiger partial charge in [0.15, 0.2) is 0 Å². The van der Waals surface area contributed by atoms with E-state index in [9.17, 15) is 0 Å². The van der Waals surface area contributed by atoms with Gasteiger partial charge in [0.2, 0.25) is 0 Å². The van der Waals surface area contributed by atoms with Crippen molar-refractivity contribution in [3.8, 4) is 5.75 Å². The lowest BCUT2D eigenvalue weighted by Gasteiger charge is -2.27. The van der Waals surface area contributed by atoms with E-state index in [0.29, 0.717) is 12.0 Å². The van der Waals surface area contributed by atoms with E-state index < -0.39 is 0 Å². The van der Waals surface area contributed by atoms with Crippen LogP contribution in [0, 0.1) is 11.8 Å². The average Bonchev–Trinajstić information content (AvgIpc) is 3.33. The zero-order chi connectivity index (χ0) is 19.3. The SMILES string of the molecule is COc1ccc([C@@H]2[C@@H]3CN(Cc4cn(C)c5ncccc45)C[C@@H]3CN2C)cc1.Cl.Cl. The highest BCUT2D eigenvalue weighted by Gasteiger charge is 2.46. The van der Waals surface area contributed by atoms with Gasteiger partial charge in [-0.2, -0.15) is 0 Å². The van der Waals surface area contributed by atoms with Crippen molar-refractivity contribution in [2.45, 2.75) is 12.6 Å². The summed E-state index contributed by atoms with van der Waals surface area (Å²) in [6, 6.07) is 13.4. The van der Waals surface area contributed by atoms with E-state index in [4.69, 9.17) is 4.74 Å². The number of nitrogens with zero attached hydrogens (tertiary/aromatic N) is 4. The van der Waals surface area contributed by atoms with Crippen LogP contribution < -0.4 is 4.74 Å². The van der Waals surface area contributed by atoms with Gasteiger partial charge in [0, 0.05) is 57.0 Å². The van der Waals surface area contributed by atoms with Crippen molar-refractivity contribution in [3.63, 3.8) is 0 Å². The number of benzene rings is 1. The van der Waals surface area contributed by atoms with Crippen LogP contribution in [0.1, 0.15) is 17.2 Å². The van der Waals surface area contributed by atoms with Crippen LogP contribution in [0.2, 0.25) is 0 Å². The van der Waals surface area contributed by atoms with Gasteiger partial charge in [-0.3, -0.25) is 9.80 Å². The van der Waals surface area contributed by atoms with E-state index in [1.54, 1.807) is 7.11 Å². The molecular weight excluding hydrogens is 419 g/mol. The monoisotopic (exact) mass is 448 g/mol. The van der Waals surface area contributed by atoms with Crippen LogP contribution in [-0.2, 0) is 13.6 Å². The minimum atomic E-state index is 0. The zero-order valence-corrected chi connectivity index (χ0v) is 19.3. The molecule has 0 aliphatic carbocycles. The van der Waals surface area contributed by atoms with Gasteiger partial charge in [0.25, 0.3) is 0 Å². The van der Waals surface area contributed by atoms with Crippen molar-refractivity contribution in [1.29, 1.82) is 0 Å². The van der Waals surface area contributed by atoms with Gasteiger partial charge in [-0.15, -0.1) is 24.8 Å². The van der Waals surface area contributed by atoms with Gasteiger partial charge < -0.3 is 9.30 Å². The summed E-state index contributed by atoms with van der Waals surface area (Å²) in [5.41, 5.74) is 3.87. The van der Waals surface area contributed by atoms with E-state index in [1.165, 1.54) is 29.6 Å². The maximum absolute atomic E-state index is 5.34. The molecule has 0 saturated carbocycles. The molecule has 0 radical (unpaired) electrons. The molecule has 0 N–H and O–H groups in total. The number of hydrogen-bond acceptors (Lipinski definition) is 4. The maximum atomic E-state index is 5.34. The summed E-state index contributed by atoms with van der Waals surface area (Å²) in [6.45, 7) is 4.52. The third kappa shape index (κ3) is 3.92. The topological polar surface area (TPSA) is 33.5 Å². The second-order valence-electron chi connectivity index (χ2n) is 8.42. The molecule has 4 heterocycles. The number of halogens is 2. The van der Waals surface area contributed by atoms with Crippen molar-refractivity contribution in [2.75, 3.05) is 33.8 Å². The number of pyridine rings is 1. The molecule has 3 aromatic rings. The molecule has 0 unspecified atom stereocenters. The highest BCUT2D eigenvalue weighted by molar-refractivity contribution is 5.85. The number of aromatic nitrogens is 2. The Morgan fingerprint density at radius 3 is 2.53 bits per heavy atom. The molecule has 2 fully saturated rings. The van der Waals surface area contributed by atoms with Gasteiger partial charge in [0.1, 0.15) is 11.4 Å². The molecule has 5 rings (SSSR count). The van der Waals surface area contributed by atoms with E-state index in [2.05, 4.69) is 70.0 Å². The van der Waals surface area contributed by atoms with E-state index in [0.717, 1.165) is 30.4 Å². The molecule has 7 heteroatoms. The van der Waals surface area contributed by atoms with E-state index in [-0.39, 0.29) is 24.8 Å².